The smallest absolute Gasteiger partial charge is 0.328 e. The lowest BCUT2D eigenvalue weighted by atomic mass is 10.3. The van der Waals surface area contributed by atoms with Crippen LogP contribution in [0.25, 0.3) is 22.6 Å². The number of pyridine rings is 1. The number of imidazole rings is 2. The molecule has 0 atom stereocenters. The Labute approximate surface area is 134 Å². The summed E-state index contributed by atoms with van der Waals surface area (Å²) in [4.78, 5) is 12.2. The summed E-state index contributed by atoms with van der Waals surface area (Å²) < 4.78 is 42.0. The largest absolute Gasteiger partial charge is 0.433 e. The van der Waals surface area contributed by atoms with Crippen molar-refractivity contribution in [3.05, 3.63) is 24.3 Å². The zero-order chi connectivity index (χ0) is 16.8. The van der Waals surface area contributed by atoms with Gasteiger partial charge in [0.15, 0.2) is 5.82 Å². The van der Waals surface area contributed by atoms with Gasteiger partial charge in [-0.25, -0.2) is 15.0 Å². The zero-order valence-corrected chi connectivity index (χ0v) is 13.5. The van der Waals surface area contributed by atoms with E-state index in [-0.39, 0.29) is 5.52 Å². The molecule has 0 fully saturated rings. The lowest BCUT2D eigenvalue weighted by Crippen LogP contribution is -2.07. The van der Waals surface area contributed by atoms with Crippen LogP contribution in [-0.2, 0) is 20.3 Å². The van der Waals surface area contributed by atoms with Crippen LogP contribution < -0.4 is 0 Å². The molecule has 0 amide bonds. The van der Waals surface area contributed by atoms with Gasteiger partial charge in [-0.05, 0) is 11.8 Å². The number of aromatic nitrogens is 5. The fraction of sp³-hybridized carbons (Fsp3) is 0.357. The Morgan fingerprint density at radius 1 is 1.22 bits per heavy atom. The highest BCUT2D eigenvalue weighted by atomic mass is 32.2. The van der Waals surface area contributed by atoms with Gasteiger partial charge in [0.2, 0.25) is 0 Å². The van der Waals surface area contributed by atoms with Crippen LogP contribution in [0.15, 0.2) is 23.6 Å². The predicted molar refractivity (Wildman–Crippen MR) is 82.1 cm³/mol. The minimum atomic E-state index is -4.49. The second-order valence-electron chi connectivity index (χ2n) is 4.99. The van der Waals surface area contributed by atoms with Crippen LogP contribution >= 0.6 is 11.8 Å². The van der Waals surface area contributed by atoms with Gasteiger partial charge in [0.25, 0.3) is 0 Å². The molecule has 0 aromatic carbocycles. The molecular weight excluding hydrogens is 327 g/mol. The Bertz CT molecular complexity index is 865. The fourth-order valence-electron chi connectivity index (χ4n) is 2.33. The second-order valence-corrected chi connectivity index (χ2v) is 6.25. The molecular formula is C14H14F3N5S. The van der Waals surface area contributed by atoms with E-state index in [1.165, 1.54) is 6.20 Å². The molecule has 122 valence electrons. The van der Waals surface area contributed by atoms with Gasteiger partial charge in [-0.1, -0.05) is 6.92 Å². The van der Waals surface area contributed by atoms with Crippen LogP contribution in [0.5, 0.6) is 0 Å². The third kappa shape index (κ3) is 2.69. The molecule has 0 spiro atoms. The maximum Gasteiger partial charge on any atom is 0.433 e. The Morgan fingerprint density at radius 3 is 2.61 bits per heavy atom. The van der Waals surface area contributed by atoms with Crippen LogP contribution in [0, 0.1) is 0 Å². The molecule has 9 heteroatoms. The van der Waals surface area contributed by atoms with Crippen LogP contribution in [0.3, 0.4) is 0 Å². The van der Waals surface area contributed by atoms with E-state index >= 15 is 0 Å². The van der Waals surface area contributed by atoms with Crippen LogP contribution in [0.2, 0.25) is 0 Å². The Kier molecular flexibility index (Phi) is 3.83. The summed E-state index contributed by atoms with van der Waals surface area (Å²) in [5, 5.41) is 0.926. The van der Waals surface area contributed by atoms with Crippen molar-refractivity contribution in [3.63, 3.8) is 0 Å². The third-order valence-corrected chi connectivity index (χ3v) is 4.48. The van der Waals surface area contributed by atoms with E-state index in [1.54, 1.807) is 29.7 Å². The summed E-state index contributed by atoms with van der Waals surface area (Å²) >= 11 is 1.61. The van der Waals surface area contributed by atoms with Crippen molar-refractivity contribution < 1.29 is 13.2 Å². The molecule has 3 rings (SSSR count). The summed E-state index contributed by atoms with van der Waals surface area (Å²) in [6.07, 6.45) is -1.61. The second kappa shape index (κ2) is 5.55. The lowest BCUT2D eigenvalue weighted by Gasteiger charge is -2.05. The zero-order valence-electron chi connectivity index (χ0n) is 12.7. The highest BCUT2D eigenvalue weighted by Gasteiger charge is 2.33. The van der Waals surface area contributed by atoms with Crippen molar-refractivity contribution >= 4 is 22.8 Å². The Hall–Kier alpha value is -2.03. The molecule has 23 heavy (non-hydrogen) atoms. The molecule has 0 saturated carbocycles. The van der Waals surface area contributed by atoms with E-state index < -0.39 is 11.9 Å². The summed E-state index contributed by atoms with van der Waals surface area (Å²) in [5.74, 6) is 1.38. The van der Waals surface area contributed by atoms with Crippen molar-refractivity contribution in [2.45, 2.75) is 18.1 Å². The highest BCUT2D eigenvalue weighted by Crippen LogP contribution is 2.33. The van der Waals surface area contributed by atoms with Crippen molar-refractivity contribution in [1.82, 2.24) is 24.1 Å². The minimum Gasteiger partial charge on any atom is -0.328 e. The van der Waals surface area contributed by atoms with Crippen LogP contribution in [0.1, 0.15) is 12.6 Å². The predicted octanol–water partition coefficient (Wildman–Crippen LogP) is 3.50. The number of halogens is 3. The molecule has 3 aromatic rings. The van der Waals surface area contributed by atoms with Crippen molar-refractivity contribution in [2.75, 3.05) is 5.75 Å². The first-order valence-electron chi connectivity index (χ1n) is 6.87. The number of thioether (sulfide) groups is 1. The standard InChI is InChI=1S/C14H14F3N5S/c1-4-23-13-11(19-7-21(13)2)12-20-8-5-10(14(15,16)17)18-6-9(8)22(12)3/h5-7H,4H2,1-3H3. The van der Waals surface area contributed by atoms with E-state index in [0.29, 0.717) is 17.0 Å². The number of alkyl halides is 3. The lowest BCUT2D eigenvalue weighted by molar-refractivity contribution is -0.141. The summed E-state index contributed by atoms with van der Waals surface area (Å²) in [7, 11) is 3.62. The average molecular weight is 341 g/mol. The van der Waals surface area contributed by atoms with Gasteiger partial charge in [-0.2, -0.15) is 13.2 Å². The monoisotopic (exact) mass is 341 g/mol. The van der Waals surface area contributed by atoms with Crippen molar-refractivity contribution in [2.24, 2.45) is 14.1 Å². The molecule has 0 radical (unpaired) electrons. The molecule has 0 aliphatic carbocycles. The van der Waals surface area contributed by atoms with Crippen LogP contribution in [-0.4, -0.2) is 29.8 Å². The van der Waals surface area contributed by atoms with E-state index in [2.05, 4.69) is 15.0 Å². The topological polar surface area (TPSA) is 48.5 Å². The number of hydrogen-bond acceptors (Lipinski definition) is 4. The highest BCUT2D eigenvalue weighted by molar-refractivity contribution is 7.99. The molecule has 5 nitrogen and oxygen atoms in total. The number of fused-ring (bicyclic) bond motifs is 1. The first-order valence-corrected chi connectivity index (χ1v) is 7.85. The quantitative estimate of drug-likeness (QED) is 0.684. The van der Waals surface area contributed by atoms with Gasteiger partial charge < -0.3 is 9.13 Å². The Morgan fingerprint density at radius 2 is 1.96 bits per heavy atom. The normalized spacial score (nSPS) is 12.3. The van der Waals surface area contributed by atoms with E-state index in [1.807, 2.05) is 18.5 Å². The molecule has 0 unspecified atom stereocenters. The molecule has 0 aliphatic rings. The first kappa shape index (κ1) is 15.9. The maximum atomic E-state index is 12.8. The number of rotatable bonds is 3. The number of hydrogen-bond donors (Lipinski definition) is 0. The van der Waals surface area contributed by atoms with Crippen molar-refractivity contribution in [1.29, 1.82) is 0 Å². The molecule has 0 bridgehead atoms. The fourth-order valence-corrected chi connectivity index (χ4v) is 3.14. The van der Waals surface area contributed by atoms with E-state index in [4.69, 9.17) is 0 Å². The maximum absolute atomic E-state index is 12.8. The SMILES string of the molecule is CCSc1c(-c2nc3cc(C(F)(F)F)ncc3n2C)ncn1C. The van der Waals surface area contributed by atoms with Gasteiger partial charge >= 0.3 is 6.18 Å². The van der Waals surface area contributed by atoms with Gasteiger partial charge in [-0.15, -0.1) is 11.8 Å². The van der Waals surface area contributed by atoms with Gasteiger partial charge in [0.1, 0.15) is 16.4 Å². The van der Waals surface area contributed by atoms with Gasteiger partial charge in [-0.3, -0.25) is 0 Å². The average Bonchev–Trinajstić information content (AvgIpc) is 3.00. The van der Waals surface area contributed by atoms with E-state index in [0.717, 1.165) is 16.8 Å². The summed E-state index contributed by atoms with van der Waals surface area (Å²) in [6.45, 7) is 2.02. The number of nitrogens with zero attached hydrogens (tertiary/aromatic N) is 5. The van der Waals surface area contributed by atoms with Gasteiger partial charge in [0, 0.05) is 14.1 Å². The molecule has 0 N–H and O–H groups in total. The van der Waals surface area contributed by atoms with Gasteiger partial charge in [0.05, 0.1) is 23.6 Å². The summed E-state index contributed by atoms with van der Waals surface area (Å²) in [5.41, 5.74) is 0.500. The van der Waals surface area contributed by atoms with E-state index in [9.17, 15) is 13.2 Å². The van der Waals surface area contributed by atoms with Crippen molar-refractivity contribution in [3.8, 4) is 11.5 Å². The van der Waals surface area contributed by atoms with Crippen LogP contribution in [0.4, 0.5) is 13.2 Å². The molecule has 3 aromatic heterocycles. The molecule has 3 heterocycles. The molecule has 0 aliphatic heterocycles. The first-order chi connectivity index (χ1) is 10.8. The summed E-state index contributed by atoms with van der Waals surface area (Å²) in [6, 6.07) is 0.967. The number of aryl methyl sites for hydroxylation is 2. The molecule has 0 saturated heterocycles. The third-order valence-electron chi connectivity index (χ3n) is 3.43. The minimum absolute atomic E-state index is 0.253. The Balaban J connectivity index is 2.18.